The molecule has 2 heterocycles. The van der Waals surface area contributed by atoms with Crippen molar-refractivity contribution in [2.75, 3.05) is 5.75 Å². The normalized spacial score (nSPS) is 22.3. The largest absolute Gasteiger partial charge is 0.456 e. The van der Waals surface area contributed by atoms with Crippen molar-refractivity contribution in [1.29, 1.82) is 0 Å². The molecule has 0 saturated carbocycles. The summed E-state index contributed by atoms with van der Waals surface area (Å²) < 4.78 is 6.94. The van der Waals surface area contributed by atoms with E-state index < -0.39 is 47.9 Å². The molecule has 0 radical (unpaired) electrons. The molecule has 3 amide bonds. The summed E-state index contributed by atoms with van der Waals surface area (Å²) in [5.41, 5.74) is 1.30. The van der Waals surface area contributed by atoms with Crippen molar-refractivity contribution in [2.45, 2.75) is 84.7 Å². The lowest BCUT2D eigenvalue weighted by molar-refractivity contribution is -0.149. The number of aromatic nitrogens is 3. The molecule has 1 aromatic carbocycles. The van der Waals surface area contributed by atoms with Gasteiger partial charge in [-0.3, -0.25) is 24.0 Å². The van der Waals surface area contributed by atoms with Crippen LogP contribution in [0.2, 0.25) is 0 Å². The summed E-state index contributed by atoms with van der Waals surface area (Å²) in [5.74, 6) is -1.92. The highest BCUT2D eigenvalue weighted by Gasteiger charge is 2.32. The number of rotatable bonds is 8. The second-order valence-electron chi connectivity index (χ2n) is 11.4. The average Bonchev–Trinajstić information content (AvgIpc) is 3.41. The van der Waals surface area contributed by atoms with Crippen LogP contribution >= 0.6 is 11.8 Å². The van der Waals surface area contributed by atoms with Gasteiger partial charge in [0.2, 0.25) is 17.7 Å². The number of amides is 3. The topological polar surface area (TPSA) is 161 Å². The molecule has 0 spiro atoms. The number of ether oxygens (including phenoxy) is 1. The van der Waals surface area contributed by atoms with E-state index in [2.05, 4.69) is 26.3 Å². The molecular formula is C31H42N6O6S. The summed E-state index contributed by atoms with van der Waals surface area (Å²) in [6.07, 6.45) is 4.54. The van der Waals surface area contributed by atoms with E-state index in [1.807, 2.05) is 44.2 Å². The second-order valence-corrected chi connectivity index (χ2v) is 12.7. The van der Waals surface area contributed by atoms with Gasteiger partial charge >= 0.3 is 5.97 Å². The molecule has 1 aliphatic rings. The molecule has 238 valence electrons. The van der Waals surface area contributed by atoms with Crippen LogP contribution in [-0.4, -0.2) is 67.7 Å². The highest BCUT2D eigenvalue weighted by Crippen LogP contribution is 2.20. The molecule has 12 nitrogen and oxygen atoms in total. The lowest BCUT2D eigenvalue weighted by Gasteiger charge is -2.27. The first-order chi connectivity index (χ1) is 20.9. The fourth-order valence-corrected chi connectivity index (χ4v) is 5.19. The van der Waals surface area contributed by atoms with Crippen LogP contribution in [0.15, 0.2) is 48.7 Å². The zero-order valence-electron chi connectivity index (χ0n) is 25.8. The van der Waals surface area contributed by atoms with Gasteiger partial charge in [-0.2, -0.15) is 0 Å². The van der Waals surface area contributed by atoms with Crippen LogP contribution < -0.4 is 16.0 Å². The van der Waals surface area contributed by atoms with Crippen LogP contribution in [-0.2, 0) is 41.7 Å². The monoisotopic (exact) mass is 626 g/mol. The van der Waals surface area contributed by atoms with Crippen molar-refractivity contribution in [3.05, 3.63) is 59.9 Å². The number of carbonyl (C=O) groups excluding carboxylic acids is 5. The summed E-state index contributed by atoms with van der Waals surface area (Å²) >= 11 is 1.17. The molecule has 3 N–H and O–H groups in total. The number of esters is 1. The van der Waals surface area contributed by atoms with E-state index in [0.29, 0.717) is 17.9 Å². The van der Waals surface area contributed by atoms with E-state index in [-0.39, 0.29) is 36.3 Å². The van der Waals surface area contributed by atoms with Crippen molar-refractivity contribution in [3.8, 4) is 0 Å². The minimum atomic E-state index is -0.948. The summed E-state index contributed by atoms with van der Waals surface area (Å²) in [6.45, 7) is 8.65. The third-order valence-electron chi connectivity index (χ3n) is 6.92. The van der Waals surface area contributed by atoms with Crippen LogP contribution in [0.4, 0.5) is 0 Å². The Labute approximate surface area is 262 Å². The number of hydrogen-bond donors (Lipinski definition) is 3. The fraction of sp³-hybridized carbons (Fsp3) is 0.516. The van der Waals surface area contributed by atoms with Gasteiger partial charge in [0, 0.05) is 19.1 Å². The highest BCUT2D eigenvalue weighted by molar-refractivity contribution is 8.13. The van der Waals surface area contributed by atoms with E-state index in [1.165, 1.54) is 23.4 Å². The molecule has 1 aliphatic heterocycles. The average molecular weight is 627 g/mol. The van der Waals surface area contributed by atoms with E-state index in [1.54, 1.807) is 32.2 Å². The maximum Gasteiger partial charge on any atom is 0.328 e. The minimum Gasteiger partial charge on any atom is -0.456 e. The van der Waals surface area contributed by atoms with Gasteiger partial charge in [0.1, 0.15) is 30.4 Å². The summed E-state index contributed by atoms with van der Waals surface area (Å²) in [4.78, 5) is 64.6. The van der Waals surface area contributed by atoms with Crippen LogP contribution in [0.25, 0.3) is 0 Å². The Balaban J connectivity index is 1.94. The Morgan fingerprint density at radius 3 is 2.39 bits per heavy atom. The zero-order chi connectivity index (χ0) is 32.2. The molecule has 0 saturated heterocycles. The van der Waals surface area contributed by atoms with Gasteiger partial charge < -0.3 is 20.7 Å². The van der Waals surface area contributed by atoms with Crippen molar-refractivity contribution >= 4 is 40.6 Å². The summed E-state index contributed by atoms with van der Waals surface area (Å²) in [7, 11) is 0. The van der Waals surface area contributed by atoms with Crippen LogP contribution in [0.3, 0.4) is 0 Å². The SMILES string of the molecule is CC(=O)SCC/C=C/[C@@H]1CC(=O)N[C@H](C(C)C)C(=O)N[C@H](Cc2ccccc2)C(=O)N[C@H](C(C)C)c2cn(nn2)CC(=O)O1. The van der Waals surface area contributed by atoms with Crippen LogP contribution in [0.5, 0.6) is 0 Å². The Bertz CT molecular complexity index is 1330. The molecule has 0 aliphatic carbocycles. The Morgan fingerprint density at radius 1 is 1.02 bits per heavy atom. The number of nitrogens with zero attached hydrogens (tertiary/aromatic N) is 3. The molecule has 2 aromatic rings. The number of fused-ring (bicyclic) bond motifs is 2. The maximum atomic E-state index is 13.7. The smallest absolute Gasteiger partial charge is 0.328 e. The van der Waals surface area contributed by atoms with E-state index in [4.69, 9.17) is 4.74 Å². The standard InChI is InChI=1S/C31H42N6O6S/c1-19(2)28-25-17-37(36-35-25)18-27(40)43-23(13-9-10-14-44-21(5)38)16-26(39)33-29(20(3)4)31(42)32-24(30(41)34-28)15-22-11-7-6-8-12-22/h6-9,11-13,17,19-20,23-24,28-29H,10,14-16,18H2,1-5H3,(H,32,42)(H,33,39)(H,34,41)/b13-9+/t23-,24-,28-,29-/m1/s1. The predicted molar refractivity (Wildman–Crippen MR) is 166 cm³/mol. The summed E-state index contributed by atoms with van der Waals surface area (Å²) in [5, 5.41) is 16.9. The molecule has 2 bridgehead atoms. The maximum absolute atomic E-state index is 13.7. The molecule has 13 heteroatoms. The van der Waals surface area contributed by atoms with Crippen molar-refractivity contribution in [1.82, 2.24) is 30.9 Å². The number of carbonyl (C=O) groups is 5. The van der Waals surface area contributed by atoms with Crippen molar-refractivity contribution < 1.29 is 28.7 Å². The third kappa shape index (κ3) is 10.9. The number of benzene rings is 1. The Morgan fingerprint density at radius 2 is 1.73 bits per heavy atom. The molecule has 3 rings (SSSR count). The van der Waals surface area contributed by atoms with Gasteiger partial charge in [0.05, 0.1) is 18.7 Å². The molecule has 1 aromatic heterocycles. The predicted octanol–water partition coefficient (Wildman–Crippen LogP) is 2.50. The lowest BCUT2D eigenvalue weighted by Crippen LogP contribution is -2.56. The second kappa shape index (κ2) is 16.7. The first-order valence-electron chi connectivity index (χ1n) is 14.8. The van der Waals surface area contributed by atoms with Gasteiger partial charge in [-0.05, 0) is 29.9 Å². The van der Waals surface area contributed by atoms with Gasteiger partial charge in [0.15, 0.2) is 5.12 Å². The summed E-state index contributed by atoms with van der Waals surface area (Å²) in [6, 6.07) is 6.89. The third-order valence-corrected chi connectivity index (χ3v) is 7.77. The van der Waals surface area contributed by atoms with E-state index in [9.17, 15) is 24.0 Å². The number of allylic oxidation sites excluding steroid dienone is 1. The van der Waals surface area contributed by atoms with Crippen molar-refractivity contribution in [3.63, 3.8) is 0 Å². The van der Waals surface area contributed by atoms with Gasteiger partial charge in [-0.25, -0.2) is 4.68 Å². The van der Waals surface area contributed by atoms with E-state index >= 15 is 0 Å². The first-order valence-corrected chi connectivity index (χ1v) is 15.7. The molecular weight excluding hydrogens is 584 g/mol. The molecule has 4 atom stereocenters. The number of nitrogens with one attached hydrogen (secondary N) is 3. The number of thioether (sulfide) groups is 1. The fourth-order valence-electron chi connectivity index (χ4n) is 4.65. The molecule has 0 unspecified atom stereocenters. The highest BCUT2D eigenvalue weighted by atomic mass is 32.2. The van der Waals surface area contributed by atoms with Crippen molar-refractivity contribution in [2.24, 2.45) is 11.8 Å². The van der Waals surface area contributed by atoms with Gasteiger partial charge in [0.25, 0.3) is 0 Å². The van der Waals surface area contributed by atoms with Crippen LogP contribution in [0, 0.1) is 11.8 Å². The zero-order valence-corrected chi connectivity index (χ0v) is 26.6. The Hall–Kier alpha value is -4.00. The minimum absolute atomic E-state index is 0.00228. The molecule has 44 heavy (non-hydrogen) atoms. The quantitative estimate of drug-likeness (QED) is 0.227. The first kappa shape index (κ1) is 34.5. The Kier molecular flexibility index (Phi) is 13.1. The van der Waals surface area contributed by atoms with Crippen LogP contribution in [0.1, 0.15) is 64.8 Å². The van der Waals surface area contributed by atoms with Gasteiger partial charge in [-0.1, -0.05) is 81.1 Å². The number of cyclic esters (lactones) is 1. The lowest BCUT2D eigenvalue weighted by atomic mass is 9.98. The number of hydrogen-bond acceptors (Lipinski definition) is 9. The molecule has 0 fully saturated rings. The van der Waals surface area contributed by atoms with E-state index in [0.717, 1.165) is 5.56 Å². The van der Waals surface area contributed by atoms with Gasteiger partial charge in [-0.15, -0.1) is 5.10 Å².